The molecule has 126 valence electrons. The molecule has 6 nitrogen and oxygen atoms in total. The van der Waals surface area contributed by atoms with Crippen LogP contribution in [-0.2, 0) is 11.3 Å². The minimum absolute atomic E-state index is 0.0482. The van der Waals surface area contributed by atoms with E-state index >= 15 is 0 Å². The highest BCUT2D eigenvalue weighted by Gasteiger charge is 2.38. The van der Waals surface area contributed by atoms with Crippen LogP contribution in [0.2, 0.25) is 0 Å². The lowest BCUT2D eigenvalue weighted by molar-refractivity contribution is -0.117. The van der Waals surface area contributed by atoms with E-state index in [0.717, 1.165) is 17.7 Å². The Morgan fingerprint density at radius 1 is 1.25 bits per heavy atom. The average Bonchev–Trinajstić information content (AvgIpc) is 3.25. The molecule has 6 heteroatoms. The Morgan fingerprint density at radius 3 is 2.83 bits per heavy atom. The first-order chi connectivity index (χ1) is 11.8. The van der Waals surface area contributed by atoms with Gasteiger partial charge in [0.1, 0.15) is 12.7 Å². The van der Waals surface area contributed by atoms with Gasteiger partial charge in [0, 0.05) is 11.7 Å². The predicted octanol–water partition coefficient (Wildman–Crippen LogP) is 2.19. The third kappa shape index (κ3) is 3.33. The van der Waals surface area contributed by atoms with E-state index < -0.39 is 0 Å². The molecule has 3 atom stereocenters. The highest BCUT2D eigenvalue weighted by atomic mass is 16.2. The van der Waals surface area contributed by atoms with Gasteiger partial charge < -0.3 is 10.6 Å². The van der Waals surface area contributed by atoms with E-state index in [0.29, 0.717) is 18.5 Å². The van der Waals surface area contributed by atoms with Gasteiger partial charge >= 0.3 is 0 Å². The van der Waals surface area contributed by atoms with Crippen LogP contribution in [0.3, 0.4) is 0 Å². The zero-order valence-electron chi connectivity index (χ0n) is 13.7. The maximum atomic E-state index is 12.5. The van der Waals surface area contributed by atoms with Crippen LogP contribution in [0.25, 0.3) is 0 Å². The third-order valence-electron chi connectivity index (χ3n) is 5.21. The molecule has 0 spiro atoms. The van der Waals surface area contributed by atoms with Crippen molar-refractivity contribution in [3.05, 3.63) is 42.5 Å². The lowest BCUT2D eigenvalue weighted by atomic mass is 9.85. The van der Waals surface area contributed by atoms with Crippen LogP contribution in [-0.4, -0.2) is 32.8 Å². The number of benzene rings is 1. The van der Waals surface area contributed by atoms with Crippen molar-refractivity contribution in [3.63, 3.8) is 0 Å². The predicted molar refractivity (Wildman–Crippen MR) is 91.5 cm³/mol. The minimum atomic E-state index is -0.0482. The largest absolute Gasteiger partial charge is 0.325 e. The number of fused-ring (bicyclic) bond motifs is 1. The molecule has 24 heavy (non-hydrogen) atoms. The number of carbonyl (C=O) groups excluding carboxylic acids is 1. The number of nitrogens with zero attached hydrogens (tertiary/aromatic N) is 3. The number of anilines is 1. The molecule has 2 heterocycles. The van der Waals surface area contributed by atoms with E-state index in [1.54, 1.807) is 11.0 Å². The Balaban J connectivity index is 1.34. The molecule has 2 fully saturated rings. The first kappa shape index (κ1) is 15.3. The molecule has 1 aromatic carbocycles. The van der Waals surface area contributed by atoms with Gasteiger partial charge in [0.2, 0.25) is 5.91 Å². The Kier molecular flexibility index (Phi) is 4.30. The maximum absolute atomic E-state index is 12.5. The quantitative estimate of drug-likeness (QED) is 0.904. The molecule has 1 aromatic heterocycles. The van der Waals surface area contributed by atoms with Crippen molar-refractivity contribution in [2.24, 2.45) is 5.92 Å². The van der Waals surface area contributed by atoms with Crippen molar-refractivity contribution < 1.29 is 4.79 Å². The fourth-order valence-electron chi connectivity index (χ4n) is 3.95. The summed E-state index contributed by atoms with van der Waals surface area (Å²) in [7, 11) is 0. The van der Waals surface area contributed by atoms with Gasteiger partial charge in [-0.25, -0.2) is 9.67 Å². The molecular formula is C18H23N5O. The molecule has 2 aromatic rings. The van der Waals surface area contributed by atoms with Gasteiger partial charge in [-0.1, -0.05) is 25.0 Å². The Bertz CT molecular complexity index is 668. The molecule has 0 radical (unpaired) electrons. The molecule has 4 rings (SSSR count). The van der Waals surface area contributed by atoms with Gasteiger partial charge in [0.15, 0.2) is 0 Å². The molecule has 1 amide bonds. The lowest BCUT2D eigenvalue weighted by Crippen LogP contribution is -2.39. The summed E-state index contributed by atoms with van der Waals surface area (Å²) in [5.74, 6) is 0.771. The zero-order valence-corrected chi connectivity index (χ0v) is 13.7. The third-order valence-corrected chi connectivity index (χ3v) is 5.21. The van der Waals surface area contributed by atoms with Crippen LogP contribution in [0, 0.1) is 5.92 Å². The fraction of sp³-hybridized carbons (Fsp3) is 0.500. The maximum Gasteiger partial charge on any atom is 0.241 e. The number of carbonyl (C=O) groups is 1. The van der Waals surface area contributed by atoms with Crippen LogP contribution >= 0.6 is 0 Å². The monoisotopic (exact) mass is 325 g/mol. The Morgan fingerprint density at radius 2 is 2.08 bits per heavy atom. The van der Waals surface area contributed by atoms with Crippen molar-refractivity contribution in [3.8, 4) is 0 Å². The van der Waals surface area contributed by atoms with Gasteiger partial charge in [-0.2, -0.15) is 5.10 Å². The van der Waals surface area contributed by atoms with Crippen molar-refractivity contribution in [1.29, 1.82) is 0 Å². The summed E-state index contributed by atoms with van der Waals surface area (Å²) in [6.07, 6.45) is 9.27. The van der Waals surface area contributed by atoms with E-state index in [2.05, 4.69) is 20.7 Å². The van der Waals surface area contributed by atoms with Gasteiger partial charge in [0.05, 0.1) is 12.6 Å². The average molecular weight is 325 g/mol. The van der Waals surface area contributed by atoms with Crippen LogP contribution < -0.4 is 10.6 Å². The molecule has 2 aliphatic rings. The van der Waals surface area contributed by atoms with Crippen LogP contribution in [0.5, 0.6) is 0 Å². The molecule has 1 aliphatic carbocycles. The Hall–Kier alpha value is -2.21. The summed E-state index contributed by atoms with van der Waals surface area (Å²) in [5.41, 5.74) is 1.97. The lowest BCUT2D eigenvalue weighted by Gasteiger charge is -2.24. The molecule has 3 unspecified atom stereocenters. The highest BCUT2D eigenvalue weighted by molar-refractivity contribution is 5.95. The Labute approximate surface area is 141 Å². The summed E-state index contributed by atoms with van der Waals surface area (Å²) >= 11 is 0. The zero-order chi connectivity index (χ0) is 16.4. The van der Waals surface area contributed by atoms with Crippen LogP contribution in [0.15, 0.2) is 36.9 Å². The number of hydrogen-bond acceptors (Lipinski definition) is 4. The molecule has 1 saturated carbocycles. The first-order valence-electron chi connectivity index (χ1n) is 8.76. The molecule has 0 bridgehead atoms. The van der Waals surface area contributed by atoms with Crippen LogP contribution in [0.4, 0.5) is 5.69 Å². The summed E-state index contributed by atoms with van der Waals surface area (Å²) in [6.45, 7) is 0.682. The fourth-order valence-corrected chi connectivity index (χ4v) is 3.95. The second kappa shape index (κ2) is 6.73. The van der Waals surface area contributed by atoms with E-state index in [9.17, 15) is 4.79 Å². The topological polar surface area (TPSA) is 71.8 Å². The number of hydrogen-bond donors (Lipinski definition) is 2. The standard InChI is InChI=1S/C18H23N5O/c24-18(17-9-14-3-1-2-4-16(14)22-17)21-15-7-5-13(6-8-15)10-23-12-19-11-20-23/h5-8,11-12,14,16-17,22H,1-4,9-10H2,(H,21,24). The smallest absolute Gasteiger partial charge is 0.241 e. The molecule has 1 saturated heterocycles. The minimum Gasteiger partial charge on any atom is -0.325 e. The van der Waals surface area contributed by atoms with Crippen molar-refractivity contribution in [2.45, 2.75) is 50.7 Å². The molecular weight excluding hydrogens is 302 g/mol. The van der Waals surface area contributed by atoms with Gasteiger partial charge in [-0.3, -0.25) is 4.79 Å². The van der Waals surface area contributed by atoms with Crippen LogP contribution in [0.1, 0.15) is 37.7 Å². The van der Waals surface area contributed by atoms with Crippen molar-refractivity contribution in [2.75, 3.05) is 5.32 Å². The molecule has 1 aliphatic heterocycles. The number of amides is 1. The normalized spacial score (nSPS) is 26.1. The van der Waals surface area contributed by atoms with Gasteiger partial charge in [0.25, 0.3) is 0 Å². The summed E-state index contributed by atoms with van der Waals surface area (Å²) in [5, 5.41) is 10.7. The second-order valence-electron chi connectivity index (χ2n) is 6.89. The van der Waals surface area contributed by atoms with E-state index in [-0.39, 0.29) is 11.9 Å². The number of rotatable bonds is 4. The summed E-state index contributed by atoms with van der Waals surface area (Å²) < 4.78 is 1.78. The van der Waals surface area contributed by atoms with Gasteiger partial charge in [-0.05, 0) is 42.9 Å². The van der Waals surface area contributed by atoms with Gasteiger partial charge in [-0.15, -0.1) is 0 Å². The van der Waals surface area contributed by atoms with Crippen molar-refractivity contribution in [1.82, 2.24) is 20.1 Å². The second-order valence-corrected chi connectivity index (χ2v) is 6.89. The number of nitrogens with one attached hydrogen (secondary N) is 2. The van der Waals surface area contributed by atoms with E-state index in [1.807, 2.05) is 24.3 Å². The highest BCUT2D eigenvalue weighted by Crippen LogP contribution is 2.33. The van der Waals surface area contributed by atoms with Crippen molar-refractivity contribution >= 4 is 11.6 Å². The number of aromatic nitrogens is 3. The molecule has 2 N–H and O–H groups in total. The van der Waals surface area contributed by atoms with E-state index in [1.165, 1.54) is 32.0 Å². The summed E-state index contributed by atoms with van der Waals surface area (Å²) in [4.78, 5) is 16.4. The first-order valence-corrected chi connectivity index (χ1v) is 8.76. The SMILES string of the molecule is O=C(Nc1ccc(Cn2cncn2)cc1)C1CC2CCCCC2N1. The summed E-state index contributed by atoms with van der Waals surface area (Å²) in [6, 6.07) is 8.42. The van der Waals surface area contributed by atoms with E-state index in [4.69, 9.17) is 0 Å².